The van der Waals surface area contributed by atoms with Gasteiger partial charge in [0.2, 0.25) is 0 Å². The van der Waals surface area contributed by atoms with E-state index in [1.165, 1.54) is 6.26 Å². The highest BCUT2D eigenvalue weighted by Gasteiger charge is 2.31. The van der Waals surface area contributed by atoms with Gasteiger partial charge in [0.15, 0.2) is 0 Å². The Morgan fingerprint density at radius 2 is 2.12 bits per heavy atom. The summed E-state index contributed by atoms with van der Waals surface area (Å²) in [5.74, 6) is 1.47. The summed E-state index contributed by atoms with van der Waals surface area (Å²) in [6.07, 6.45) is 8.14. The molecule has 0 aromatic heterocycles. The Morgan fingerprint density at radius 1 is 1.44 bits per heavy atom. The minimum Gasteiger partial charge on any atom is -0.327 e. The molecule has 0 spiro atoms. The lowest BCUT2D eigenvalue weighted by molar-refractivity contribution is 0.301. The lowest BCUT2D eigenvalue weighted by Gasteiger charge is -2.31. The number of thioether (sulfide) groups is 1. The molecule has 0 heterocycles. The Labute approximate surface area is 103 Å². The molecule has 1 fully saturated rings. The summed E-state index contributed by atoms with van der Waals surface area (Å²) in [6, 6.07) is 0.178. The van der Waals surface area contributed by atoms with Gasteiger partial charge in [-0.2, -0.15) is 11.8 Å². The summed E-state index contributed by atoms with van der Waals surface area (Å²) in [5.41, 5.74) is 6.13. The van der Waals surface area contributed by atoms with Crippen molar-refractivity contribution < 1.29 is 8.42 Å². The van der Waals surface area contributed by atoms with Gasteiger partial charge in [0, 0.05) is 12.3 Å². The highest BCUT2D eigenvalue weighted by Crippen LogP contribution is 2.31. The zero-order valence-corrected chi connectivity index (χ0v) is 11.8. The predicted molar refractivity (Wildman–Crippen MR) is 71.6 cm³/mol. The van der Waals surface area contributed by atoms with Crippen LogP contribution in [0.3, 0.4) is 0 Å². The standard InChI is InChI=1S/C11H23NO2S2/c1-15-7-6-11(12)9-4-3-5-10(8-9)16(2,13)14/h9-11H,3-8,12H2,1-2H3. The quantitative estimate of drug-likeness (QED) is 0.821. The largest absolute Gasteiger partial charge is 0.327 e. The molecule has 5 heteroatoms. The van der Waals surface area contributed by atoms with E-state index in [0.717, 1.165) is 37.9 Å². The maximum Gasteiger partial charge on any atom is 0.150 e. The monoisotopic (exact) mass is 265 g/mol. The first kappa shape index (κ1) is 14.3. The molecule has 3 atom stereocenters. The van der Waals surface area contributed by atoms with Crippen LogP contribution in [-0.4, -0.2) is 38.0 Å². The van der Waals surface area contributed by atoms with Gasteiger partial charge < -0.3 is 5.73 Å². The van der Waals surface area contributed by atoms with Crippen molar-refractivity contribution in [2.75, 3.05) is 18.3 Å². The molecule has 1 aliphatic rings. The number of hydrogen-bond acceptors (Lipinski definition) is 4. The molecule has 3 nitrogen and oxygen atoms in total. The minimum absolute atomic E-state index is 0.147. The molecule has 3 unspecified atom stereocenters. The van der Waals surface area contributed by atoms with Gasteiger partial charge >= 0.3 is 0 Å². The van der Waals surface area contributed by atoms with Crippen LogP contribution in [0.2, 0.25) is 0 Å². The van der Waals surface area contributed by atoms with Crippen LogP contribution in [0.15, 0.2) is 0 Å². The molecule has 1 saturated carbocycles. The van der Waals surface area contributed by atoms with E-state index in [9.17, 15) is 8.42 Å². The Balaban J connectivity index is 2.50. The predicted octanol–water partition coefficient (Wildman–Crippen LogP) is 1.67. The summed E-state index contributed by atoms with van der Waals surface area (Å²) in [7, 11) is -2.87. The van der Waals surface area contributed by atoms with Crippen molar-refractivity contribution in [2.45, 2.75) is 43.4 Å². The summed E-state index contributed by atoms with van der Waals surface area (Å²) < 4.78 is 23.0. The fourth-order valence-electron chi connectivity index (χ4n) is 2.45. The second-order valence-corrected chi connectivity index (χ2v) is 8.13. The van der Waals surface area contributed by atoms with Gasteiger partial charge in [-0.3, -0.25) is 0 Å². The summed E-state index contributed by atoms with van der Waals surface area (Å²) >= 11 is 1.80. The molecule has 0 aromatic rings. The van der Waals surface area contributed by atoms with E-state index in [-0.39, 0.29) is 11.3 Å². The molecular formula is C11H23NO2S2. The van der Waals surface area contributed by atoms with E-state index < -0.39 is 9.84 Å². The third-order valence-corrected chi connectivity index (χ3v) is 5.82. The smallest absolute Gasteiger partial charge is 0.150 e. The second kappa shape index (κ2) is 6.26. The lowest BCUT2D eigenvalue weighted by atomic mass is 9.83. The second-order valence-electron chi connectivity index (χ2n) is 4.82. The van der Waals surface area contributed by atoms with E-state index in [1.807, 2.05) is 0 Å². The number of nitrogens with two attached hydrogens (primary N) is 1. The Hall–Kier alpha value is 0.260. The lowest BCUT2D eigenvalue weighted by Crippen LogP contribution is -2.37. The summed E-state index contributed by atoms with van der Waals surface area (Å²) in [6.45, 7) is 0. The molecule has 0 aliphatic heterocycles. The van der Waals surface area contributed by atoms with Crippen molar-refractivity contribution in [2.24, 2.45) is 11.7 Å². The Kier molecular flexibility index (Phi) is 5.61. The first-order valence-corrected chi connectivity index (χ1v) is 9.23. The van der Waals surface area contributed by atoms with Gasteiger partial charge in [-0.25, -0.2) is 8.42 Å². The average Bonchev–Trinajstić information content (AvgIpc) is 2.25. The SMILES string of the molecule is CSCCC(N)C1CCCC(S(C)(=O)=O)C1. The van der Waals surface area contributed by atoms with E-state index in [1.54, 1.807) is 11.8 Å². The van der Waals surface area contributed by atoms with Crippen molar-refractivity contribution in [3.05, 3.63) is 0 Å². The van der Waals surface area contributed by atoms with Crippen molar-refractivity contribution >= 4 is 21.6 Å². The topological polar surface area (TPSA) is 60.2 Å². The van der Waals surface area contributed by atoms with Crippen LogP contribution >= 0.6 is 11.8 Å². The van der Waals surface area contributed by atoms with Crippen LogP contribution < -0.4 is 5.73 Å². The van der Waals surface area contributed by atoms with Crippen LogP contribution in [0.5, 0.6) is 0 Å². The van der Waals surface area contributed by atoms with E-state index in [4.69, 9.17) is 5.73 Å². The highest BCUT2D eigenvalue weighted by atomic mass is 32.2. The Morgan fingerprint density at radius 3 is 2.69 bits per heavy atom. The molecule has 0 saturated heterocycles. The maximum absolute atomic E-state index is 11.5. The van der Waals surface area contributed by atoms with Gasteiger partial charge in [0.05, 0.1) is 5.25 Å². The minimum atomic E-state index is -2.87. The normalized spacial score (nSPS) is 28.9. The molecule has 0 radical (unpaired) electrons. The van der Waals surface area contributed by atoms with E-state index in [0.29, 0.717) is 5.92 Å². The number of sulfone groups is 1. The van der Waals surface area contributed by atoms with Crippen LogP contribution in [0.1, 0.15) is 32.1 Å². The first-order chi connectivity index (χ1) is 7.45. The van der Waals surface area contributed by atoms with Gasteiger partial charge in [-0.05, 0) is 43.6 Å². The third kappa shape index (κ3) is 4.26. The molecular weight excluding hydrogens is 242 g/mol. The van der Waals surface area contributed by atoms with E-state index in [2.05, 4.69) is 6.26 Å². The molecule has 1 aliphatic carbocycles. The zero-order chi connectivity index (χ0) is 12.2. The van der Waals surface area contributed by atoms with Crippen LogP contribution in [0.4, 0.5) is 0 Å². The summed E-state index contributed by atoms with van der Waals surface area (Å²) in [4.78, 5) is 0. The molecule has 0 aromatic carbocycles. The van der Waals surface area contributed by atoms with Gasteiger partial charge in [0.1, 0.15) is 9.84 Å². The summed E-state index contributed by atoms with van der Waals surface area (Å²) in [5, 5.41) is -0.147. The van der Waals surface area contributed by atoms with Gasteiger partial charge in [-0.1, -0.05) is 6.42 Å². The average molecular weight is 265 g/mol. The van der Waals surface area contributed by atoms with Crippen molar-refractivity contribution in [1.29, 1.82) is 0 Å². The number of hydrogen-bond donors (Lipinski definition) is 1. The molecule has 2 N–H and O–H groups in total. The van der Waals surface area contributed by atoms with Crippen LogP contribution in [-0.2, 0) is 9.84 Å². The molecule has 0 amide bonds. The zero-order valence-electron chi connectivity index (χ0n) is 10.2. The number of rotatable bonds is 5. The van der Waals surface area contributed by atoms with Crippen LogP contribution in [0, 0.1) is 5.92 Å². The highest BCUT2D eigenvalue weighted by molar-refractivity contribution is 7.98. The van der Waals surface area contributed by atoms with Gasteiger partial charge in [-0.15, -0.1) is 0 Å². The van der Waals surface area contributed by atoms with Crippen molar-refractivity contribution in [3.63, 3.8) is 0 Å². The van der Waals surface area contributed by atoms with Crippen LogP contribution in [0.25, 0.3) is 0 Å². The third-order valence-electron chi connectivity index (χ3n) is 3.53. The first-order valence-electron chi connectivity index (χ1n) is 5.88. The fourth-order valence-corrected chi connectivity index (χ4v) is 4.15. The molecule has 96 valence electrons. The molecule has 16 heavy (non-hydrogen) atoms. The fraction of sp³-hybridized carbons (Fsp3) is 1.00. The van der Waals surface area contributed by atoms with Crippen molar-refractivity contribution in [1.82, 2.24) is 0 Å². The molecule has 1 rings (SSSR count). The van der Waals surface area contributed by atoms with Gasteiger partial charge in [0.25, 0.3) is 0 Å². The van der Waals surface area contributed by atoms with E-state index >= 15 is 0 Å². The van der Waals surface area contributed by atoms with Crippen molar-refractivity contribution in [3.8, 4) is 0 Å². The molecule has 0 bridgehead atoms. The maximum atomic E-state index is 11.5. The Bertz CT molecular complexity index is 303.